The second-order valence-electron chi connectivity index (χ2n) is 8.89. The number of carbonyl (C=O) groups is 1. The molecule has 3 aromatic heterocycles. The molecule has 0 fully saturated rings. The SMILES string of the molecule is Cc1cc2cc(C(=O)N(Cc3ccc(C(F)(F)F)cn3)[C@@H]3CCCc4[nH]ccc43)ccc2nc1N. The first kappa shape index (κ1) is 22.9. The Labute approximate surface area is 200 Å². The predicted molar refractivity (Wildman–Crippen MR) is 126 cm³/mol. The molecule has 0 aliphatic heterocycles. The summed E-state index contributed by atoms with van der Waals surface area (Å²) in [5.74, 6) is 0.218. The maximum absolute atomic E-state index is 13.9. The molecule has 1 atom stereocenters. The molecule has 0 bridgehead atoms. The molecule has 0 radical (unpaired) electrons. The second kappa shape index (κ2) is 8.72. The minimum atomic E-state index is -4.47. The molecular weight excluding hydrogens is 455 g/mol. The molecule has 1 aromatic carbocycles. The van der Waals surface area contributed by atoms with Crippen molar-refractivity contribution in [1.82, 2.24) is 19.9 Å². The van der Waals surface area contributed by atoms with Crippen molar-refractivity contribution in [3.8, 4) is 0 Å². The zero-order valence-electron chi connectivity index (χ0n) is 19.1. The minimum absolute atomic E-state index is 0.0866. The van der Waals surface area contributed by atoms with Crippen LogP contribution in [0.15, 0.2) is 54.9 Å². The van der Waals surface area contributed by atoms with Crippen LogP contribution >= 0.6 is 0 Å². The van der Waals surface area contributed by atoms with Gasteiger partial charge in [-0.25, -0.2) is 4.98 Å². The molecule has 3 N–H and O–H groups in total. The van der Waals surface area contributed by atoms with E-state index in [-0.39, 0.29) is 18.5 Å². The molecule has 9 heteroatoms. The third-order valence-corrected chi connectivity index (χ3v) is 6.55. The quantitative estimate of drug-likeness (QED) is 0.400. The van der Waals surface area contributed by atoms with Crippen LogP contribution in [0.1, 0.15) is 57.3 Å². The second-order valence-corrected chi connectivity index (χ2v) is 8.89. The molecule has 3 heterocycles. The van der Waals surface area contributed by atoms with Crippen LogP contribution in [0.3, 0.4) is 0 Å². The van der Waals surface area contributed by atoms with Crippen molar-refractivity contribution >= 4 is 22.6 Å². The van der Waals surface area contributed by atoms with Gasteiger partial charge in [0.25, 0.3) is 5.91 Å². The van der Waals surface area contributed by atoms with Crippen molar-refractivity contribution in [1.29, 1.82) is 0 Å². The Balaban J connectivity index is 1.53. The number of amides is 1. The normalized spacial score (nSPS) is 15.7. The first-order chi connectivity index (χ1) is 16.7. The van der Waals surface area contributed by atoms with Gasteiger partial charge in [0.05, 0.1) is 29.4 Å². The Morgan fingerprint density at radius 2 is 2.03 bits per heavy atom. The summed E-state index contributed by atoms with van der Waals surface area (Å²) in [6, 6.07) is 11.2. The number of anilines is 1. The number of aryl methyl sites for hydroxylation is 2. The lowest BCUT2D eigenvalue weighted by Gasteiger charge is -2.34. The van der Waals surface area contributed by atoms with Crippen LogP contribution in [-0.4, -0.2) is 25.8 Å². The fourth-order valence-corrected chi connectivity index (χ4v) is 4.68. The number of nitrogens with zero attached hydrogens (tertiary/aromatic N) is 3. The molecule has 1 aliphatic carbocycles. The number of rotatable bonds is 4. The number of pyridine rings is 2. The molecule has 35 heavy (non-hydrogen) atoms. The van der Waals surface area contributed by atoms with Gasteiger partial charge in [-0.05, 0) is 79.8 Å². The van der Waals surface area contributed by atoms with Crippen LogP contribution < -0.4 is 5.73 Å². The van der Waals surface area contributed by atoms with Crippen molar-refractivity contribution in [2.75, 3.05) is 5.73 Å². The molecule has 0 unspecified atom stereocenters. The van der Waals surface area contributed by atoms with Crippen molar-refractivity contribution in [2.24, 2.45) is 0 Å². The van der Waals surface area contributed by atoms with Gasteiger partial charge in [-0.3, -0.25) is 9.78 Å². The minimum Gasteiger partial charge on any atom is -0.383 e. The van der Waals surface area contributed by atoms with Crippen molar-refractivity contribution in [2.45, 2.75) is 44.9 Å². The van der Waals surface area contributed by atoms with Gasteiger partial charge in [-0.15, -0.1) is 0 Å². The number of carbonyl (C=O) groups excluding carboxylic acids is 1. The maximum atomic E-state index is 13.9. The Morgan fingerprint density at radius 3 is 2.77 bits per heavy atom. The van der Waals surface area contributed by atoms with Gasteiger partial charge in [0, 0.05) is 29.0 Å². The van der Waals surface area contributed by atoms with E-state index < -0.39 is 11.7 Å². The molecule has 180 valence electrons. The van der Waals surface area contributed by atoms with Gasteiger partial charge < -0.3 is 15.6 Å². The van der Waals surface area contributed by atoms with E-state index in [2.05, 4.69) is 15.0 Å². The Kier molecular flexibility index (Phi) is 5.70. The summed E-state index contributed by atoms with van der Waals surface area (Å²) in [6.45, 7) is 1.94. The summed E-state index contributed by atoms with van der Waals surface area (Å²) in [5, 5.41) is 0.793. The van der Waals surface area contributed by atoms with E-state index in [1.807, 2.05) is 25.3 Å². The highest BCUT2D eigenvalue weighted by molar-refractivity contribution is 5.98. The molecule has 6 nitrogen and oxygen atoms in total. The zero-order chi connectivity index (χ0) is 24.7. The van der Waals surface area contributed by atoms with E-state index in [1.165, 1.54) is 6.07 Å². The summed E-state index contributed by atoms with van der Waals surface area (Å²) in [5.41, 5.74) is 9.57. The van der Waals surface area contributed by atoms with Gasteiger partial charge in [-0.1, -0.05) is 0 Å². The van der Waals surface area contributed by atoms with E-state index in [4.69, 9.17) is 5.73 Å². The number of H-pyrrole nitrogens is 1. The summed E-state index contributed by atoms with van der Waals surface area (Å²) in [4.78, 5) is 27.2. The number of nitrogens with two attached hydrogens (primary N) is 1. The van der Waals surface area contributed by atoms with Crippen molar-refractivity contribution in [3.63, 3.8) is 0 Å². The highest BCUT2D eigenvalue weighted by atomic mass is 19.4. The highest BCUT2D eigenvalue weighted by Gasteiger charge is 2.33. The van der Waals surface area contributed by atoms with Gasteiger partial charge >= 0.3 is 6.18 Å². The van der Waals surface area contributed by atoms with E-state index in [0.717, 1.165) is 53.7 Å². The number of halogens is 3. The summed E-state index contributed by atoms with van der Waals surface area (Å²) in [7, 11) is 0. The van der Waals surface area contributed by atoms with Crippen LogP contribution in [0.2, 0.25) is 0 Å². The van der Waals surface area contributed by atoms with Crippen LogP contribution in [-0.2, 0) is 19.1 Å². The maximum Gasteiger partial charge on any atom is 0.417 e. The number of alkyl halides is 3. The largest absolute Gasteiger partial charge is 0.417 e. The molecule has 0 saturated heterocycles. The zero-order valence-corrected chi connectivity index (χ0v) is 19.1. The molecule has 1 aliphatic rings. The highest BCUT2D eigenvalue weighted by Crippen LogP contribution is 2.36. The van der Waals surface area contributed by atoms with E-state index >= 15 is 0 Å². The molecular formula is C26H24F3N5O. The summed E-state index contributed by atoms with van der Waals surface area (Å²) >= 11 is 0. The third kappa shape index (κ3) is 4.45. The number of aromatic nitrogens is 3. The average Bonchev–Trinajstić information content (AvgIpc) is 3.32. The topological polar surface area (TPSA) is 87.9 Å². The molecule has 4 aromatic rings. The van der Waals surface area contributed by atoms with Crippen molar-refractivity contribution < 1.29 is 18.0 Å². The summed E-state index contributed by atoms with van der Waals surface area (Å²) < 4.78 is 39.0. The number of benzene rings is 1. The van der Waals surface area contributed by atoms with Crippen LogP contribution in [0, 0.1) is 6.92 Å². The van der Waals surface area contributed by atoms with E-state index in [9.17, 15) is 18.0 Å². The lowest BCUT2D eigenvalue weighted by Crippen LogP contribution is -2.36. The number of fused-ring (bicyclic) bond motifs is 2. The first-order valence-electron chi connectivity index (χ1n) is 11.4. The molecule has 1 amide bonds. The fraction of sp³-hybridized carbons (Fsp3) is 0.269. The van der Waals surface area contributed by atoms with Gasteiger partial charge in [-0.2, -0.15) is 13.2 Å². The smallest absolute Gasteiger partial charge is 0.383 e. The Morgan fingerprint density at radius 1 is 1.20 bits per heavy atom. The van der Waals surface area contributed by atoms with E-state index in [1.54, 1.807) is 23.1 Å². The van der Waals surface area contributed by atoms with Crippen LogP contribution in [0.4, 0.5) is 19.0 Å². The number of aromatic amines is 1. The van der Waals surface area contributed by atoms with Gasteiger partial charge in [0.15, 0.2) is 0 Å². The van der Waals surface area contributed by atoms with Gasteiger partial charge in [0.1, 0.15) is 5.82 Å². The molecule has 0 saturated carbocycles. The average molecular weight is 480 g/mol. The predicted octanol–water partition coefficient (Wildman–Crippen LogP) is 5.59. The van der Waals surface area contributed by atoms with Gasteiger partial charge in [0.2, 0.25) is 0 Å². The number of nitrogen functional groups attached to an aromatic ring is 1. The fourth-order valence-electron chi connectivity index (χ4n) is 4.68. The monoisotopic (exact) mass is 479 g/mol. The van der Waals surface area contributed by atoms with Crippen LogP contribution in [0.25, 0.3) is 10.9 Å². The standard InChI is InChI=1S/C26H24F3N5O/c1-15-11-17-12-16(5-8-21(17)33-24(15)30)25(35)34(23-4-2-3-22-20(23)9-10-31-22)14-19-7-6-18(13-32-19)26(27,28)29/h5-13,23,31H,2-4,14H2,1H3,(H2,30,33)/t23-/m1/s1. The number of hydrogen-bond donors (Lipinski definition) is 2. The number of hydrogen-bond acceptors (Lipinski definition) is 4. The third-order valence-electron chi connectivity index (χ3n) is 6.55. The van der Waals surface area contributed by atoms with Crippen LogP contribution in [0.5, 0.6) is 0 Å². The van der Waals surface area contributed by atoms with Crippen molar-refractivity contribution in [3.05, 3.63) is 88.5 Å². The lowest BCUT2D eigenvalue weighted by atomic mass is 9.91. The first-order valence-corrected chi connectivity index (χ1v) is 11.4. The van der Waals surface area contributed by atoms with E-state index in [0.29, 0.717) is 22.6 Å². The lowest BCUT2D eigenvalue weighted by molar-refractivity contribution is -0.137. The molecule has 0 spiro atoms. The number of nitrogens with one attached hydrogen (secondary N) is 1. The molecule has 5 rings (SSSR count). The Hall–Kier alpha value is -3.88. The summed E-state index contributed by atoms with van der Waals surface area (Å²) in [6.07, 6.45) is 0.740. The Bertz CT molecular complexity index is 1390.